The first-order valence-corrected chi connectivity index (χ1v) is 42.0. The second kappa shape index (κ2) is 66.9. The SMILES string of the molecule is CCCCCCCCCCCCCCCCCCCC(=O)O[C@H](COC(=O)CCCCCCCCCCCCCCCC(C)C)COP(=O)(O)OC[C@@H](O)COP(=O)(O)OC[C@@H](COC(=O)CCCCCCCCCCC)OC(=O)CCCCCCCCCCC(C)CC. The first kappa shape index (κ1) is 92.1. The Morgan fingerprint density at radius 2 is 0.543 bits per heavy atom. The molecule has 94 heavy (non-hydrogen) atoms. The fourth-order valence-corrected chi connectivity index (χ4v) is 13.0. The summed E-state index contributed by atoms with van der Waals surface area (Å²) in [6, 6.07) is 0. The van der Waals surface area contributed by atoms with E-state index in [4.69, 9.17) is 37.0 Å². The Bertz CT molecular complexity index is 1820. The average molecular weight is 1380 g/mol. The zero-order valence-electron chi connectivity index (χ0n) is 61.3. The van der Waals surface area contributed by atoms with Crippen molar-refractivity contribution in [1.82, 2.24) is 0 Å². The summed E-state index contributed by atoms with van der Waals surface area (Å²) >= 11 is 0. The zero-order chi connectivity index (χ0) is 69.3. The van der Waals surface area contributed by atoms with Gasteiger partial charge < -0.3 is 33.8 Å². The molecule has 0 spiro atoms. The number of ether oxygens (including phenoxy) is 4. The van der Waals surface area contributed by atoms with Crippen LogP contribution in [0.5, 0.6) is 0 Å². The summed E-state index contributed by atoms with van der Waals surface area (Å²) in [5.41, 5.74) is 0. The van der Waals surface area contributed by atoms with E-state index in [-0.39, 0.29) is 25.7 Å². The number of hydrogen-bond donors (Lipinski definition) is 3. The van der Waals surface area contributed by atoms with Gasteiger partial charge in [-0.25, -0.2) is 9.13 Å². The molecule has 3 unspecified atom stereocenters. The van der Waals surface area contributed by atoms with E-state index >= 15 is 0 Å². The lowest BCUT2D eigenvalue weighted by Crippen LogP contribution is -2.30. The van der Waals surface area contributed by atoms with E-state index in [1.54, 1.807) is 0 Å². The lowest BCUT2D eigenvalue weighted by atomic mass is 9.99. The third-order valence-electron chi connectivity index (χ3n) is 17.8. The molecular formula is C75H146O17P2. The number of carbonyl (C=O) groups excluding carboxylic acids is 4. The monoisotopic (exact) mass is 1380 g/mol. The van der Waals surface area contributed by atoms with Crippen LogP contribution >= 0.6 is 15.6 Å². The first-order chi connectivity index (χ1) is 45.4. The number of aliphatic hydroxyl groups excluding tert-OH is 1. The average Bonchev–Trinajstić information content (AvgIpc) is 1.20. The van der Waals surface area contributed by atoms with E-state index in [0.717, 1.165) is 102 Å². The standard InChI is InChI=1S/C75H146O17P2/c1-7-10-12-14-16-18-19-20-21-22-23-26-30-34-41-47-53-59-74(79)91-70(64-86-73(78)58-52-46-40-33-29-27-24-25-28-32-37-43-49-55-67(4)5)65-89-93(81,82)87-61-69(76)62-88-94(83,84)90-66-71(63-85-72(77)57-51-45-39-31-17-15-13-11-8-2)92-75(80)60-54-48-42-36-35-38-44-50-56-68(6)9-3/h67-71,76H,7-66H2,1-6H3,(H,81,82)(H,83,84)/t68?,69-,70-,71-/m1/s1. The van der Waals surface area contributed by atoms with Crippen LogP contribution in [0.25, 0.3) is 0 Å². The zero-order valence-corrected chi connectivity index (χ0v) is 63.1. The highest BCUT2D eigenvalue weighted by Crippen LogP contribution is 2.45. The molecule has 3 N–H and O–H groups in total. The van der Waals surface area contributed by atoms with Gasteiger partial charge >= 0.3 is 39.5 Å². The van der Waals surface area contributed by atoms with Crippen molar-refractivity contribution in [2.45, 2.75) is 407 Å². The molecule has 0 saturated carbocycles. The van der Waals surface area contributed by atoms with Gasteiger partial charge in [0.1, 0.15) is 19.3 Å². The van der Waals surface area contributed by atoms with E-state index in [1.807, 2.05) is 0 Å². The Morgan fingerprint density at radius 3 is 0.809 bits per heavy atom. The molecule has 0 bridgehead atoms. The first-order valence-electron chi connectivity index (χ1n) is 39.0. The lowest BCUT2D eigenvalue weighted by molar-refractivity contribution is -0.161. The van der Waals surface area contributed by atoms with Crippen molar-refractivity contribution >= 4 is 39.5 Å². The molecule has 0 rings (SSSR count). The van der Waals surface area contributed by atoms with Gasteiger partial charge in [0.2, 0.25) is 0 Å². The van der Waals surface area contributed by atoms with Crippen molar-refractivity contribution in [2.24, 2.45) is 11.8 Å². The van der Waals surface area contributed by atoms with Gasteiger partial charge in [0, 0.05) is 25.7 Å². The van der Waals surface area contributed by atoms with E-state index in [0.29, 0.717) is 25.7 Å². The van der Waals surface area contributed by atoms with Crippen molar-refractivity contribution in [2.75, 3.05) is 39.6 Å². The fourth-order valence-electron chi connectivity index (χ4n) is 11.4. The van der Waals surface area contributed by atoms with Crippen molar-refractivity contribution in [3.8, 4) is 0 Å². The molecule has 0 saturated heterocycles. The molecule has 19 heteroatoms. The topological polar surface area (TPSA) is 237 Å². The van der Waals surface area contributed by atoms with Gasteiger partial charge in [0.05, 0.1) is 26.4 Å². The van der Waals surface area contributed by atoms with Crippen molar-refractivity contribution in [1.29, 1.82) is 0 Å². The van der Waals surface area contributed by atoms with Crippen LogP contribution in [-0.2, 0) is 65.4 Å². The number of esters is 4. The van der Waals surface area contributed by atoms with Crippen LogP contribution in [0.15, 0.2) is 0 Å². The molecule has 0 heterocycles. The molecule has 17 nitrogen and oxygen atoms in total. The van der Waals surface area contributed by atoms with Gasteiger partial charge in [-0.05, 0) is 37.5 Å². The molecule has 0 radical (unpaired) electrons. The van der Waals surface area contributed by atoms with Gasteiger partial charge in [-0.15, -0.1) is 0 Å². The number of phosphoric ester groups is 2. The van der Waals surface area contributed by atoms with Crippen LogP contribution in [0, 0.1) is 11.8 Å². The second-order valence-electron chi connectivity index (χ2n) is 27.8. The Balaban J connectivity index is 5.23. The normalized spacial score (nSPS) is 14.3. The number of unbranched alkanes of at least 4 members (excludes halogenated alkanes) is 43. The lowest BCUT2D eigenvalue weighted by Gasteiger charge is -2.21. The molecular weight excluding hydrogens is 1230 g/mol. The van der Waals surface area contributed by atoms with E-state index in [2.05, 4.69) is 41.5 Å². The molecule has 0 aromatic rings. The summed E-state index contributed by atoms with van der Waals surface area (Å²) in [5.74, 6) is -0.557. The smallest absolute Gasteiger partial charge is 0.462 e. The minimum atomic E-state index is -4.96. The molecule has 0 fully saturated rings. The van der Waals surface area contributed by atoms with Crippen LogP contribution in [0.3, 0.4) is 0 Å². The van der Waals surface area contributed by atoms with Crippen LogP contribution in [0.1, 0.15) is 388 Å². The molecule has 0 amide bonds. The largest absolute Gasteiger partial charge is 0.472 e. The van der Waals surface area contributed by atoms with Gasteiger partial charge in [-0.2, -0.15) is 0 Å². The van der Waals surface area contributed by atoms with Gasteiger partial charge in [0.25, 0.3) is 0 Å². The van der Waals surface area contributed by atoms with Crippen LogP contribution in [0.2, 0.25) is 0 Å². The Kier molecular flexibility index (Phi) is 65.5. The van der Waals surface area contributed by atoms with E-state index in [9.17, 15) is 43.2 Å². The predicted octanol–water partition coefficient (Wildman–Crippen LogP) is 21.9. The van der Waals surface area contributed by atoms with Gasteiger partial charge in [-0.1, -0.05) is 337 Å². The Hall–Kier alpha value is -1.94. The fraction of sp³-hybridized carbons (Fsp3) is 0.947. The van der Waals surface area contributed by atoms with Crippen LogP contribution < -0.4 is 0 Å². The summed E-state index contributed by atoms with van der Waals surface area (Å²) < 4.78 is 68.5. The summed E-state index contributed by atoms with van der Waals surface area (Å²) in [4.78, 5) is 72.7. The summed E-state index contributed by atoms with van der Waals surface area (Å²) in [7, 11) is -9.91. The minimum absolute atomic E-state index is 0.105. The molecule has 0 aliphatic heterocycles. The minimum Gasteiger partial charge on any atom is -0.462 e. The summed E-state index contributed by atoms with van der Waals surface area (Å²) in [6.45, 7) is 9.59. The Morgan fingerprint density at radius 1 is 0.309 bits per heavy atom. The molecule has 6 atom stereocenters. The second-order valence-corrected chi connectivity index (χ2v) is 30.7. The Labute approximate surface area is 575 Å². The van der Waals surface area contributed by atoms with Gasteiger partial charge in [-0.3, -0.25) is 37.3 Å². The number of carbonyl (C=O) groups is 4. The number of aliphatic hydroxyl groups is 1. The third kappa shape index (κ3) is 67.3. The highest BCUT2D eigenvalue weighted by Gasteiger charge is 2.30. The molecule has 558 valence electrons. The number of rotatable bonds is 74. The molecule has 0 aromatic heterocycles. The van der Waals surface area contributed by atoms with Crippen LogP contribution in [-0.4, -0.2) is 96.7 Å². The quantitative estimate of drug-likeness (QED) is 0.0222. The van der Waals surface area contributed by atoms with Crippen molar-refractivity contribution in [3.05, 3.63) is 0 Å². The summed E-state index contributed by atoms with van der Waals surface area (Å²) in [6.07, 6.45) is 54.0. The predicted molar refractivity (Wildman–Crippen MR) is 381 cm³/mol. The van der Waals surface area contributed by atoms with E-state index in [1.165, 1.54) is 205 Å². The van der Waals surface area contributed by atoms with Crippen molar-refractivity contribution < 1.29 is 80.2 Å². The molecule has 0 aliphatic rings. The maximum absolute atomic E-state index is 13.1. The van der Waals surface area contributed by atoms with Crippen molar-refractivity contribution in [3.63, 3.8) is 0 Å². The number of hydrogen-bond acceptors (Lipinski definition) is 15. The van der Waals surface area contributed by atoms with Gasteiger partial charge in [0.15, 0.2) is 12.2 Å². The number of phosphoric acid groups is 2. The maximum atomic E-state index is 13.1. The molecule has 0 aromatic carbocycles. The van der Waals surface area contributed by atoms with Crippen LogP contribution in [0.4, 0.5) is 0 Å². The van der Waals surface area contributed by atoms with E-state index < -0.39 is 97.5 Å². The maximum Gasteiger partial charge on any atom is 0.472 e. The molecule has 0 aliphatic carbocycles. The highest BCUT2D eigenvalue weighted by atomic mass is 31.2. The summed E-state index contributed by atoms with van der Waals surface area (Å²) in [5, 5.41) is 10.6. The third-order valence-corrected chi connectivity index (χ3v) is 19.7. The highest BCUT2D eigenvalue weighted by molar-refractivity contribution is 7.47.